The van der Waals surface area contributed by atoms with Crippen LogP contribution in [0.4, 0.5) is 5.82 Å². The van der Waals surface area contributed by atoms with Gasteiger partial charge in [-0.3, -0.25) is 4.79 Å². The van der Waals surface area contributed by atoms with Crippen LogP contribution in [-0.4, -0.2) is 53.8 Å². The van der Waals surface area contributed by atoms with Crippen LogP contribution in [0.3, 0.4) is 0 Å². The van der Waals surface area contributed by atoms with E-state index in [0.717, 1.165) is 22.6 Å². The van der Waals surface area contributed by atoms with Crippen molar-refractivity contribution >= 4 is 23.3 Å². The maximum Gasteiger partial charge on any atom is 0.260 e. The molecule has 1 aliphatic heterocycles. The van der Waals surface area contributed by atoms with Crippen molar-refractivity contribution in [2.75, 3.05) is 37.7 Å². The molecule has 0 radical (unpaired) electrons. The lowest BCUT2D eigenvalue weighted by atomic mass is 10.0. The summed E-state index contributed by atoms with van der Waals surface area (Å²) in [6, 6.07) is 15.8. The number of carbonyl (C=O) groups is 1. The molecule has 2 aromatic carbocycles. The third-order valence-electron chi connectivity index (χ3n) is 5.85. The fraction of sp³-hybridized carbons (Fsp3) is 0.320. The van der Waals surface area contributed by atoms with E-state index in [1.165, 1.54) is 11.1 Å². The number of halogens is 1. The van der Waals surface area contributed by atoms with Gasteiger partial charge in [0.25, 0.3) is 5.91 Å². The van der Waals surface area contributed by atoms with Gasteiger partial charge in [0.15, 0.2) is 12.4 Å². The van der Waals surface area contributed by atoms with Gasteiger partial charge in [0.2, 0.25) is 0 Å². The summed E-state index contributed by atoms with van der Waals surface area (Å²) >= 11 is 6.15. The molecular weight excluding hydrogens is 424 g/mol. The minimum Gasteiger partial charge on any atom is -0.482 e. The Labute approximate surface area is 193 Å². The van der Waals surface area contributed by atoms with Crippen LogP contribution in [-0.2, 0) is 4.79 Å². The van der Waals surface area contributed by atoms with Gasteiger partial charge in [-0.1, -0.05) is 29.8 Å². The fourth-order valence-corrected chi connectivity index (χ4v) is 3.86. The predicted molar refractivity (Wildman–Crippen MR) is 127 cm³/mol. The molecular formula is C25H27ClN4O2. The van der Waals surface area contributed by atoms with E-state index in [-0.39, 0.29) is 12.5 Å². The molecule has 0 spiro atoms. The van der Waals surface area contributed by atoms with Gasteiger partial charge in [0.1, 0.15) is 5.75 Å². The second-order valence-corrected chi connectivity index (χ2v) is 8.57. The number of ether oxygens (including phenoxy) is 1. The zero-order chi connectivity index (χ0) is 22.7. The molecule has 2 heterocycles. The Morgan fingerprint density at radius 3 is 2.41 bits per heavy atom. The first kappa shape index (κ1) is 22.1. The van der Waals surface area contributed by atoms with E-state index in [9.17, 15) is 4.79 Å². The van der Waals surface area contributed by atoms with Crippen molar-refractivity contribution in [3.63, 3.8) is 0 Å². The summed E-state index contributed by atoms with van der Waals surface area (Å²) in [7, 11) is 0. The van der Waals surface area contributed by atoms with Gasteiger partial charge in [-0.2, -0.15) is 0 Å². The van der Waals surface area contributed by atoms with E-state index in [0.29, 0.717) is 37.0 Å². The molecule has 1 saturated heterocycles. The number of aromatic nitrogens is 2. The first-order valence-electron chi connectivity index (χ1n) is 10.7. The molecule has 32 heavy (non-hydrogen) atoms. The van der Waals surface area contributed by atoms with Gasteiger partial charge in [-0.15, -0.1) is 10.2 Å². The standard InChI is InChI=1S/C25H27ClN4O2/c1-17-4-7-21(26)23(14-17)32-16-25(31)30-12-10-29(11-13-30)24-9-8-22(27-28-24)20-6-5-18(2)19(3)15-20/h4-9,14-15H,10-13,16H2,1-3H3. The van der Waals surface area contributed by atoms with Crippen molar-refractivity contribution < 1.29 is 9.53 Å². The van der Waals surface area contributed by atoms with Crippen molar-refractivity contribution in [3.05, 3.63) is 70.2 Å². The molecule has 1 amide bonds. The lowest BCUT2D eigenvalue weighted by Gasteiger charge is -2.35. The second kappa shape index (κ2) is 9.57. The molecule has 1 aromatic heterocycles. The minimum absolute atomic E-state index is 0.0202. The largest absolute Gasteiger partial charge is 0.482 e. The van der Waals surface area contributed by atoms with Crippen LogP contribution in [0, 0.1) is 20.8 Å². The lowest BCUT2D eigenvalue weighted by Crippen LogP contribution is -2.50. The molecule has 6 nitrogen and oxygen atoms in total. The van der Waals surface area contributed by atoms with E-state index < -0.39 is 0 Å². The van der Waals surface area contributed by atoms with Crippen molar-refractivity contribution in [2.24, 2.45) is 0 Å². The Morgan fingerprint density at radius 2 is 1.72 bits per heavy atom. The summed E-state index contributed by atoms with van der Waals surface area (Å²) in [5.74, 6) is 1.32. The molecule has 0 unspecified atom stereocenters. The molecule has 0 atom stereocenters. The minimum atomic E-state index is -0.0432. The van der Waals surface area contributed by atoms with Crippen molar-refractivity contribution in [2.45, 2.75) is 20.8 Å². The van der Waals surface area contributed by atoms with Crippen molar-refractivity contribution in [1.82, 2.24) is 15.1 Å². The monoisotopic (exact) mass is 450 g/mol. The first-order valence-corrected chi connectivity index (χ1v) is 11.1. The van der Waals surface area contributed by atoms with E-state index in [1.807, 2.05) is 36.1 Å². The normalized spacial score (nSPS) is 13.9. The van der Waals surface area contributed by atoms with Gasteiger partial charge in [0.05, 0.1) is 10.7 Å². The molecule has 0 bridgehead atoms. The highest BCUT2D eigenvalue weighted by Gasteiger charge is 2.22. The second-order valence-electron chi connectivity index (χ2n) is 8.17. The predicted octanol–water partition coefficient (Wildman–Crippen LogP) is 4.45. The van der Waals surface area contributed by atoms with Gasteiger partial charge in [0, 0.05) is 31.7 Å². The number of rotatable bonds is 5. The fourth-order valence-electron chi connectivity index (χ4n) is 3.69. The van der Waals surface area contributed by atoms with Crippen LogP contribution in [0.1, 0.15) is 16.7 Å². The summed E-state index contributed by atoms with van der Waals surface area (Å²) in [4.78, 5) is 16.5. The van der Waals surface area contributed by atoms with Gasteiger partial charge in [-0.25, -0.2) is 0 Å². The summed E-state index contributed by atoms with van der Waals surface area (Å²) in [5, 5.41) is 9.36. The molecule has 7 heteroatoms. The number of carbonyl (C=O) groups excluding carboxylic acids is 1. The molecule has 166 valence electrons. The SMILES string of the molecule is Cc1ccc(Cl)c(OCC(=O)N2CCN(c3ccc(-c4ccc(C)c(C)c4)nn3)CC2)c1. The Morgan fingerprint density at radius 1 is 0.938 bits per heavy atom. The summed E-state index contributed by atoms with van der Waals surface area (Å²) in [6.07, 6.45) is 0. The number of amides is 1. The number of nitrogens with zero attached hydrogens (tertiary/aromatic N) is 4. The zero-order valence-electron chi connectivity index (χ0n) is 18.6. The lowest BCUT2D eigenvalue weighted by molar-refractivity contribution is -0.133. The van der Waals surface area contributed by atoms with E-state index in [2.05, 4.69) is 47.1 Å². The Kier molecular flexibility index (Phi) is 6.61. The van der Waals surface area contributed by atoms with Gasteiger partial charge >= 0.3 is 0 Å². The summed E-state index contributed by atoms with van der Waals surface area (Å²) in [5.41, 5.74) is 5.46. The summed E-state index contributed by atoms with van der Waals surface area (Å²) < 4.78 is 5.66. The first-order chi connectivity index (χ1) is 15.4. The third-order valence-corrected chi connectivity index (χ3v) is 6.16. The van der Waals surface area contributed by atoms with E-state index >= 15 is 0 Å². The van der Waals surface area contributed by atoms with E-state index in [1.54, 1.807) is 6.07 Å². The van der Waals surface area contributed by atoms with E-state index in [4.69, 9.17) is 16.3 Å². The highest BCUT2D eigenvalue weighted by molar-refractivity contribution is 6.32. The van der Waals surface area contributed by atoms with Crippen LogP contribution in [0.15, 0.2) is 48.5 Å². The highest BCUT2D eigenvalue weighted by Crippen LogP contribution is 2.25. The number of aryl methyl sites for hydroxylation is 3. The van der Waals surface area contributed by atoms with Crippen LogP contribution < -0.4 is 9.64 Å². The molecule has 0 N–H and O–H groups in total. The number of benzene rings is 2. The molecule has 1 fully saturated rings. The van der Waals surface area contributed by atoms with Crippen LogP contribution in [0.5, 0.6) is 5.75 Å². The zero-order valence-corrected chi connectivity index (χ0v) is 19.4. The molecule has 1 aliphatic rings. The average Bonchev–Trinajstić information content (AvgIpc) is 2.81. The molecule has 3 aromatic rings. The van der Waals surface area contributed by atoms with Crippen LogP contribution in [0.25, 0.3) is 11.3 Å². The topological polar surface area (TPSA) is 58.6 Å². The molecule has 0 aliphatic carbocycles. The maximum atomic E-state index is 12.6. The molecule has 0 saturated carbocycles. The third kappa shape index (κ3) is 5.02. The number of piperazine rings is 1. The Hall–Kier alpha value is -3.12. The quantitative estimate of drug-likeness (QED) is 0.574. The van der Waals surface area contributed by atoms with Crippen LogP contribution in [0.2, 0.25) is 5.02 Å². The number of anilines is 1. The maximum absolute atomic E-state index is 12.6. The van der Waals surface area contributed by atoms with Gasteiger partial charge in [-0.05, 0) is 67.8 Å². The summed E-state index contributed by atoms with van der Waals surface area (Å²) in [6.45, 7) is 8.77. The average molecular weight is 451 g/mol. The Bertz CT molecular complexity index is 1110. The number of hydrogen-bond acceptors (Lipinski definition) is 5. The Balaban J connectivity index is 1.31. The van der Waals surface area contributed by atoms with Crippen molar-refractivity contribution in [1.29, 1.82) is 0 Å². The van der Waals surface area contributed by atoms with Crippen LogP contribution >= 0.6 is 11.6 Å². The smallest absolute Gasteiger partial charge is 0.260 e. The highest BCUT2D eigenvalue weighted by atomic mass is 35.5. The molecule has 4 rings (SSSR count). The van der Waals surface area contributed by atoms with Gasteiger partial charge < -0.3 is 14.5 Å². The van der Waals surface area contributed by atoms with Crippen molar-refractivity contribution in [3.8, 4) is 17.0 Å². The number of hydrogen-bond donors (Lipinski definition) is 0.